The maximum atomic E-state index is 13.2. The van der Waals surface area contributed by atoms with E-state index in [9.17, 15) is 8.78 Å². The van der Waals surface area contributed by atoms with E-state index in [2.05, 4.69) is 0 Å². The van der Waals surface area contributed by atoms with Gasteiger partial charge in [0.25, 0.3) is 6.08 Å². The van der Waals surface area contributed by atoms with Crippen molar-refractivity contribution in [2.24, 2.45) is 0 Å². The molecule has 0 saturated heterocycles. The van der Waals surface area contributed by atoms with Gasteiger partial charge < -0.3 is 0 Å². The van der Waals surface area contributed by atoms with Crippen molar-refractivity contribution < 1.29 is 8.78 Å². The first kappa shape index (κ1) is 14.7. The molecule has 104 valence electrons. The minimum Gasteiger partial charge on any atom is -0.174 e. The van der Waals surface area contributed by atoms with Gasteiger partial charge in [-0.1, -0.05) is 74.2 Å². The summed E-state index contributed by atoms with van der Waals surface area (Å²) in [5, 5.41) is 0.247. The first-order chi connectivity index (χ1) is 9.39. The van der Waals surface area contributed by atoms with Crippen molar-refractivity contribution in [2.45, 2.75) is 19.6 Å². The molecule has 0 aliphatic heterocycles. The van der Waals surface area contributed by atoms with Gasteiger partial charge in [-0.25, -0.2) is 0 Å². The van der Waals surface area contributed by atoms with Crippen LogP contribution in [-0.2, 0) is 0 Å². The second kappa shape index (κ2) is 5.71. The van der Waals surface area contributed by atoms with Crippen LogP contribution in [0.15, 0.2) is 60.7 Å². The average molecular weight is 288 g/mol. The van der Waals surface area contributed by atoms with Crippen LogP contribution in [0.1, 0.15) is 5.56 Å². The van der Waals surface area contributed by atoms with Crippen molar-refractivity contribution in [1.29, 1.82) is 0 Å². The first-order valence-corrected chi connectivity index (χ1v) is 10.1. The van der Waals surface area contributed by atoms with Gasteiger partial charge in [0.05, 0.1) is 8.07 Å². The maximum absolute atomic E-state index is 13.2. The molecule has 2 aromatic rings. The van der Waals surface area contributed by atoms with Crippen molar-refractivity contribution in [2.75, 3.05) is 0 Å². The lowest BCUT2D eigenvalue weighted by Gasteiger charge is -2.20. The van der Waals surface area contributed by atoms with Gasteiger partial charge in [0.15, 0.2) is 0 Å². The summed E-state index contributed by atoms with van der Waals surface area (Å²) in [5.74, 6) is 0. The molecule has 0 atom stereocenters. The Morgan fingerprint density at radius 1 is 0.750 bits per heavy atom. The van der Waals surface area contributed by atoms with Gasteiger partial charge in [-0.15, -0.1) is 0 Å². The van der Waals surface area contributed by atoms with Crippen LogP contribution in [-0.4, -0.2) is 8.07 Å². The maximum Gasteiger partial charge on any atom is 0.270 e. The Balaban J connectivity index is 2.41. The summed E-state index contributed by atoms with van der Waals surface area (Å²) in [6.07, 6.45) is -1.54. The lowest BCUT2D eigenvalue weighted by molar-refractivity contribution is 0.427. The van der Waals surface area contributed by atoms with Crippen LogP contribution in [0, 0.1) is 0 Å². The van der Waals surface area contributed by atoms with E-state index < -0.39 is 14.2 Å². The van der Waals surface area contributed by atoms with Gasteiger partial charge in [0.2, 0.25) is 0 Å². The van der Waals surface area contributed by atoms with Crippen LogP contribution in [0.5, 0.6) is 0 Å². The van der Waals surface area contributed by atoms with E-state index in [4.69, 9.17) is 0 Å². The molecular formula is C17H18F2Si. The Bertz CT molecular complexity index is 604. The van der Waals surface area contributed by atoms with Crippen molar-refractivity contribution >= 4 is 13.3 Å². The number of hydrogen-bond donors (Lipinski definition) is 0. The monoisotopic (exact) mass is 288 g/mol. The number of hydrogen-bond acceptors (Lipinski definition) is 0. The Labute approximate surface area is 119 Å². The molecule has 0 bridgehead atoms. The summed E-state index contributed by atoms with van der Waals surface area (Å²) in [6, 6.07) is 17.4. The van der Waals surface area contributed by atoms with E-state index >= 15 is 0 Å². The number of halogens is 2. The Morgan fingerprint density at radius 2 is 1.25 bits per heavy atom. The molecule has 0 saturated carbocycles. The van der Waals surface area contributed by atoms with Gasteiger partial charge in [-0.05, 0) is 16.7 Å². The first-order valence-electron chi connectivity index (χ1n) is 6.61. The quantitative estimate of drug-likeness (QED) is 0.622. The summed E-state index contributed by atoms with van der Waals surface area (Å²) in [4.78, 5) is 0. The molecule has 0 N–H and O–H groups in total. The zero-order chi connectivity index (χ0) is 14.8. The van der Waals surface area contributed by atoms with Gasteiger partial charge in [0, 0.05) is 5.20 Å². The third kappa shape index (κ3) is 3.22. The van der Waals surface area contributed by atoms with Crippen LogP contribution in [0.3, 0.4) is 0 Å². The number of rotatable bonds is 3. The van der Waals surface area contributed by atoms with Crippen molar-refractivity contribution in [3.63, 3.8) is 0 Å². The summed E-state index contributed by atoms with van der Waals surface area (Å²) >= 11 is 0. The van der Waals surface area contributed by atoms with Crippen LogP contribution >= 0.6 is 0 Å². The smallest absolute Gasteiger partial charge is 0.174 e. The Morgan fingerprint density at radius 3 is 1.70 bits per heavy atom. The molecule has 0 fully saturated rings. The fourth-order valence-corrected chi connectivity index (χ4v) is 3.89. The summed E-state index contributed by atoms with van der Waals surface area (Å²) < 4.78 is 26.4. The second-order valence-electron chi connectivity index (χ2n) is 5.83. The van der Waals surface area contributed by atoms with E-state index in [1.54, 1.807) is 12.1 Å². The zero-order valence-electron chi connectivity index (χ0n) is 12.0. The molecule has 0 spiro atoms. The predicted molar refractivity (Wildman–Crippen MR) is 84.4 cm³/mol. The van der Waals surface area contributed by atoms with E-state index in [0.717, 1.165) is 11.1 Å². The summed E-state index contributed by atoms with van der Waals surface area (Å²) in [6.45, 7) is 5.81. The highest BCUT2D eigenvalue weighted by atomic mass is 28.3. The average Bonchev–Trinajstić information content (AvgIpc) is 2.38. The van der Waals surface area contributed by atoms with Gasteiger partial charge in [-0.2, -0.15) is 8.78 Å². The lowest BCUT2D eigenvalue weighted by atomic mass is 10.0. The van der Waals surface area contributed by atoms with Crippen LogP contribution in [0.2, 0.25) is 19.6 Å². The van der Waals surface area contributed by atoms with Crippen molar-refractivity contribution in [3.8, 4) is 11.1 Å². The minimum absolute atomic E-state index is 0.247. The topological polar surface area (TPSA) is 0 Å². The van der Waals surface area contributed by atoms with Crippen LogP contribution in [0.25, 0.3) is 16.3 Å². The molecule has 0 aromatic heterocycles. The predicted octanol–water partition coefficient (Wildman–Crippen LogP) is 5.84. The standard InChI is InChI=1S/C17H18F2Si/c1-20(2,3)16(17(18)19)15-11-9-14(10-12-15)13-7-5-4-6-8-13/h4-12H,1-3H3. The SMILES string of the molecule is C[Si](C)(C)C(=C(F)F)c1ccc(-c2ccccc2)cc1. The highest BCUT2D eigenvalue weighted by molar-refractivity contribution is 6.93. The third-order valence-electron chi connectivity index (χ3n) is 3.22. The fraction of sp³-hybridized carbons (Fsp3) is 0.176. The minimum atomic E-state index is -2.06. The molecular weight excluding hydrogens is 270 g/mol. The largest absolute Gasteiger partial charge is 0.270 e. The van der Waals surface area contributed by atoms with E-state index in [0.29, 0.717) is 5.56 Å². The third-order valence-corrected chi connectivity index (χ3v) is 5.20. The molecule has 3 heteroatoms. The fourth-order valence-electron chi connectivity index (χ4n) is 2.29. The van der Waals surface area contributed by atoms with Crippen molar-refractivity contribution in [1.82, 2.24) is 0 Å². The zero-order valence-corrected chi connectivity index (χ0v) is 13.0. The molecule has 2 aromatic carbocycles. The molecule has 0 aliphatic carbocycles. The molecule has 0 radical (unpaired) electrons. The Hall–Kier alpha value is -1.74. The van der Waals surface area contributed by atoms with Gasteiger partial charge in [-0.3, -0.25) is 0 Å². The molecule has 0 nitrogen and oxygen atoms in total. The van der Waals surface area contributed by atoms with Gasteiger partial charge in [0.1, 0.15) is 0 Å². The van der Waals surface area contributed by atoms with Crippen LogP contribution in [0.4, 0.5) is 8.78 Å². The van der Waals surface area contributed by atoms with Crippen LogP contribution < -0.4 is 0 Å². The molecule has 0 unspecified atom stereocenters. The van der Waals surface area contributed by atoms with Gasteiger partial charge >= 0.3 is 0 Å². The highest BCUT2D eigenvalue weighted by Crippen LogP contribution is 2.31. The molecule has 0 aliphatic rings. The highest BCUT2D eigenvalue weighted by Gasteiger charge is 2.25. The lowest BCUT2D eigenvalue weighted by Crippen LogP contribution is -2.23. The summed E-state index contributed by atoms with van der Waals surface area (Å²) in [7, 11) is -2.06. The van der Waals surface area contributed by atoms with E-state index in [-0.39, 0.29) is 5.20 Å². The Kier molecular flexibility index (Phi) is 4.19. The van der Waals surface area contributed by atoms with E-state index in [1.807, 2.05) is 62.1 Å². The molecule has 0 heterocycles. The number of benzene rings is 2. The second-order valence-corrected chi connectivity index (χ2v) is 10.8. The summed E-state index contributed by atoms with van der Waals surface area (Å²) in [5.41, 5.74) is 2.78. The normalized spacial score (nSPS) is 11.2. The van der Waals surface area contributed by atoms with Crippen molar-refractivity contribution in [3.05, 3.63) is 66.2 Å². The molecule has 2 rings (SSSR count). The van der Waals surface area contributed by atoms with E-state index in [1.165, 1.54) is 0 Å². The molecule has 20 heavy (non-hydrogen) atoms. The molecule has 0 amide bonds.